The molecule has 0 atom stereocenters. The third-order valence-corrected chi connectivity index (χ3v) is 4.02. The number of piperazine rings is 1. The molecule has 6 nitrogen and oxygen atoms in total. The van der Waals surface area contributed by atoms with E-state index in [4.69, 9.17) is 0 Å². The highest BCUT2D eigenvalue weighted by atomic mass is 16.2. The molecule has 0 saturated carbocycles. The van der Waals surface area contributed by atoms with Crippen LogP contribution in [0.1, 0.15) is 12.7 Å². The summed E-state index contributed by atoms with van der Waals surface area (Å²) in [5.74, 6) is 1.13. The van der Waals surface area contributed by atoms with Crippen LogP contribution in [0.25, 0.3) is 11.0 Å². The lowest BCUT2D eigenvalue weighted by Crippen LogP contribution is -2.49. The molecular weight excluding hydrogens is 278 g/mol. The number of carbonyl (C=O) groups is 1. The highest BCUT2D eigenvalue weighted by Gasteiger charge is 2.19. The summed E-state index contributed by atoms with van der Waals surface area (Å²) >= 11 is 0. The van der Waals surface area contributed by atoms with E-state index in [9.17, 15) is 4.79 Å². The molecule has 0 bridgehead atoms. The van der Waals surface area contributed by atoms with Gasteiger partial charge >= 0.3 is 0 Å². The average molecular weight is 301 g/mol. The number of hydrogen-bond acceptors (Lipinski definition) is 4. The standard InChI is InChI=1S/C16H23N5O/c1-2-17-16(22)12-21-9-7-20(8-10-21)11-15-18-13-5-3-4-6-14(13)19-15/h3-6H,2,7-12H2,1H3,(H,17,22)(H,18,19). The molecule has 1 fully saturated rings. The highest BCUT2D eigenvalue weighted by molar-refractivity contribution is 5.78. The first-order chi connectivity index (χ1) is 10.7. The zero-order chi connectivity index (χ0) is 15.4. The van der Waals surface area contributed by atoms with Crippen LogP contribution in [-0.2, 0) is 11.3 Å². The van der Waals surface area contributed by atoms with Gasteiger partial charge in [0.05, 0.1) is 24.1 Å². The van der Waals surface area contributed by atoms with Gasteiger partial charge in [-0.2, -0.15) is 0 Å². The van der Waals surface area contributed by atoms with Crippen LogP contribution in [0.2, 0.25) is 0 Å². The number of likely N-dealkylation sites (N-methyl/N-ethyl adjacent to an activating group) is 1. The molecule has 0 unspecified atom stereocenters. The number of aromatic nitrogens is 2. The Hall–Kier alpha value is -1.92. The Bertz CT molecular complexity index is 597. The van der Waals surface area contributed by atoms with Gasteiger partial charge in [0, 0.05) is 32.7 Å². The van der Waals surface area contributed by atoms with Gasteiger partial charge in [-0.1, -0.05) is 12.1 Å². The van der Waals surface area contributed by atoms with Crippen molar-refractivity contribution in [3.8, 4) is 0 Å². The minimum Gasteiger partial charge on any atom is -0.355 e. The molecule has 0 radical (unpaired) electrons. The van der Waals surface area contributed by atoms with Crippen LogP contribution in [0.5, 0.6) is 0 Å². The Morgan fingerprint density at radius 3 is 2.68 bits per heavy atom. The maximum Gasteiger partial charge on any atom is 0.234 e. The fourth-order valence-electron chi connectivity index (χ4n) is 2.85. The number of nitrogens with zero attached hydrogens (tertiary/aromatic N) is 3. The van der Waals surface area contributed by atoms with Gasteiger partial charge in [0.15, 0.2) is 0 Å². The number of imidazole rings is 1. The van der Waals surface area contributed by atoms with Crippen molar-refractivity contribution in [3.05, 3.63) is 30.1 Å². The monoisotopic (exact) mass is 301 g/mol. The van der Waals surface area contributed by atoms with Gasteiger partial charge in [0.2, 0.25) is 5.91 Å². The molecule has 1 aromatic heterocycles. The maximum absolute atomic E-state index is 11.6. The third kappa shape index (κ3) is 3.64. The van der Waals surface area contributed by atoms with Crippen molar-refractivity contribution in [1.29, 1.82) is 0 Å². The molecule has 1 saturated heterocycles. The number of aromatic amines is 1. The molecule has 2 heterocycles. The van der Waals surface area contributed by atoms with Crippen LogP contribution < -0.4 is 5.32 Å². The van der Waals surface area contributed by atoms with E-state index in [0.717, 1.165) is 49.6 Å². The van der Waals surface area contributed by atoms with E-state index >= 15 is 0 Å². The molecule has 3 rings (SSSR count). The molecule has 6 heteroatoms. The Morgan fingerprint density at radius 1 is 1.23 bits per heavy atom. The number of carbonyl (C=O) groups excluding carboxylic acids is 1. The van der Waals surface area contributed by atoms with Crippen molar-refractivity contribution in [2.45, 2.75) is 13.5 Å². The van der Waals surface area contributed by atoms with Gasteiger partial charge in [-0.3, -0.25) is 14.6 Å². The largest absolute Gasteiger partial charge is 0.355 e. The van der Waals surface area contributed by atoms with Crippen molar-refractivity contribution >= 4 is 16.9 Å². The predicted octanol–water partition coefficient (Wildman–Crippen LogP) is 0.817. The Balaban J connectivity index is 1.50. The van der Waals surface area contributed by atoms with Crippen molar-refractivity contribution < 1.29 is 4.79 Å². The van der Waals surface area contributed by atoms with Gasteiger partial charge in [0.1, 0.15) is 5.82 Å². The normalized spacial score (nSPS) is 17.0. The first-order valence-electron chi connectivity index (χ1n) is 7.89. The zero-order valence-corrected chi connectivity index (χ0v) is 13.0. The van der Waals surface area contributed by atoms with E-state index in [1.807, 2.05) is 25.1 Å². The van der Waals surface area contributed by atoms with E-state index in [0.29, 0.717) is 13.1 Å². The lowest BCUT2D eigenvalue weighted by molar-refractivity contribution is -0.122. The summed E-state index contributed by atoms with van der Waals surface area (Å²) in [5, 5.41) is 2.85. The lowest BCUT2D eigenvalue weighted by atomic mass is 10.3. The van der Waals surface area contributed by atoms with Crippen LogP contribution in [0, 0.1) is 0 Å². The number of benzene rings is 1. The van der Waals surface area contributed by atoms with Crippen LogP contribution in [0.3, 0.4) is 0 Å². The SMILES string of the molecule is CCNC(=O)CN1CCN(Cc2nc3ccccc3[nH]2)CC1. The quantitative estimate of drug-likeness (QED) is 0.858. The van der Waals surface area contributed by atoms with E-state index in [-0.39, 0.29) is 5.91 Å². The van der Waals surface area contributed by atoms with Gasteiger partial charge in [-0.15, -0.1) is 0 Å². The second-order valence-electron chi connectivity index (χ2n) is 5.71. The minimum absolute atomic E-state index is 0.119. The summed E-state index contributed by atoms with van der Waals surface area (Å²) in [6.07, 6.45) is 0. The van der Waals surface area contributed by atoms with E-state index in [2.05, 4.69) is 31.2 Å². The number of rotatable bonds is 5. The fraction of sp³-hybridized carbons (Fsp3) is 0.500. The van der Waals surface area contributed by atoms with Crippen molar-refractivity contribution in [3.63, 3.8) is 0 Å². The number of nitrogens with one attached hydrogen (secondary N) is 2. The van der Waals surface area contributed by atoms with Crippen molar-refractivity contribution in [2.24, 2.45) is 0 Å². The second-order valence-corrected chi connectivity index (χ2v) is 5.71. The number of hydrogen-bond donors (Lipinski definition) is 2. The second kappa shape index (κ2) is 6.89. The Morgan fingerprint density at radius 2 is 1.95 bits per heavy atom. The maximum atomic E-state index is 11.6. The summed E-state index contributed by atoms with van der Waals surface area (Å²) < 4.78 is 0. The number of H-pyrrole nitrogens is 1. The topological polar surface area (TPSA) is 64.3 Å². The first kappa shape index (κ1) is 15.0. The van der Waals surface area contributed by atoms with Crippen molar-refractivity contribution in [2.75, 3.05) is 39.3 Å². The van der Waals surface area contributed by atoms with Crippen LogP contribution in [0.4, 0.5) is 0 Å². The predicted molar refractivity (Wildman–Crippen MR) is 86.5 cm³/mol. The Labute approximate surface area is 130 Å². The average Bonchev–Trinajstić information content (AvgIpc) is 2.91. The third-order valence-electron chi connectivity index (χ3n) is 4.02. The van der Waals surface area contributed by atoms with E-state index in [1.54, 1.807) is 0 Å². The van der Waals surface area contributed by atoms with E-state index in [1.165, 1.54) is 0 Å². The number of para-hydroxylation sites is 2. The van der Waals surface area contributed by atoms with Gasteiger partial charge in [0.25, 0.3) is 0 Å². The smallest absolute Gasteiger partial charge is 0.234 e. The van der Waals surface area contributed by atoms with Crippen LogP contribution in [-0.4, -0.2) is 64.9 Å². The molecule has 0 spiro atoms. The summed E-state index contributed by atoms with van der Waals surface area (Å²) in [7, 11) is 0. The van der Waals surface area contributed by atoms with Gasteiger partial charge in [-0.25, -0.2) is 4.98 Å². The summed E-state index contributed by atoms with van der Waals surface area (Å²) in [5.41, 5.74) is 2.11. The summed E-state index contributed by atoms with van der Waals surface area (Å²) in [6, 6.07) is 8.10. The number of amides is 1. The van der Waals surface area contributed by atoms with Gasteiger partial charge in [-0.05, 0) is 19.1 Å². The van der Waals surface area contributed by atoms with Gasteiger partial charge < -0.3 is 10.3 Å². The molecule has 1 aromatic carbocycles. The van der Waals surface area contributed by atoms with E-state index < -0.39 is 0 Å². The summed E-state index contributed by atoms with van der Waals surface area (Å²) in [4.78, 5) is 24.2. The van der Waals surface area contributed by atoms with Crippen LogP contribution in [0.15, 0.2) is 24.3 Å². The molecule has 2 aromatic rings. The van der Waals surface area contributed by atoms with Crippen LogP contribution >= 0.6 is 0 Å². The molecule has 1 amide bonds. The minimum atomic E-state index is 0.119. The Kier molecular flexibility index (Phi) is 4.70. The molecule has 118 valence electrons. The molecule has 2 N–H and O–H groups in total. The molecule has 1 aliphatic rings. The molecule has 1 aliphatic heterocycles. The number of fused-ring (bicyclic) bond motifs is 1. The van der Waals surface area contributed by atoms with Crippen molar-refractivity contribution in [1.82, 2.24) is 25.1 Å². The first-order valence-corrected chi connectivity index (χ1v) is 7.89. The molecule has 0 aliphatic carbocycles. The lowest BCUT2D eigenvalue weighted by Gasteiger charge is -2.33. The molecular formula is C16H23N5O. The summed E-state index contributed by atoms with van der Waals surface area (Å²) in [6.45, 7) is 7.78. The zero-order valence-electron chi connectivity index (χ0n) is 13.0. The molecule has 22 heavy (non-hydrogen) atoms. The highest BCUT2D eigenvalue weighted by Crippen LogP contribution is 2.12. The fourth-order valence-corrected chi connectivity index (χ4v) is 2.85.